The van der Waals surface area contributed by atoms with Crippen molar-refractivity contribution in [1.82, 2.24) is 4.31 Å². The summed E-state index contributed by atoms with van der Waals surface area (Å²) < 4.78 is 28.0. The average Bonchev–Trinajstić information content (AvgIpc) is 2.40. The summed E-state index contributed by atoms with van der Waals surface area (Å²) in [4.78, 5) is 0. The van der Waals surface area contributed by atoms with Crippen LogP contribution in [0.1, 0.15) is 19.8 Å². The quantitative estimate of drug-likeness (QED) is 0.870. The predicted octanol–water partition coefficient (Wildman–Crippen LogP) is 2.34. The molecule has 0 radical (unpaired) electrons. The third-order valence-corrected chi connectivity index (χ3v) is 5.73. The Morgan fingerprint density at radius 2 is 2.15 bits per heavy atom. The fourth-order valence-electron chi connectivity index (χ4n) is 2.44. The third-order valence-electron chi connectivity index (χ3n) is 3.62. The first-order valence-corrected chi connectivity index (χ1v) is 8.39. The highest BCUT2D eigenvalue weighted by atomic mass is 35.5. The van der Waals surface area contributed by atoms with Crippen LogP contribution in [0.4, 0.5) is 11.4 Å². The zero-order valence-electron chi connectivity index (χ0n) is 11.7. The Bertz CT molecular complexity index is 591. The van der Waals surface area contributed by atoms with E-state index in [0.717, 1.165) is 12.8 Å². The van der Waals surface area contributed by atoms with Crippen LogP contribution in [0.5, 0.6) is 0 Å². The monoisotopic (exact) mass is 317 g/mol. The van der Waals surface area contributed by atoms with Gasteiger partial charge in [-0.2, -0.15) is 12.7 Å². The van der Waals surface area contributed by atoms with Gasteiger partial charge in [0.15, 0.2) is 0 Å². The second-order valence-corrected chi connectivity index (χ2v) is 7.68. The molecule has 0 saturated carbocycles. The Kier molecular flexibility index (Phi) is 4.46. The first kappa shape index (κ1) is 15.4. The van der Waals surface area contributed by atoms with Crippen LogP contribution in [-0.2, 0) is 10.2 Å². The van der Waals surface area contributed by atoms with Gasteiger partial charge in [0.05, 0.1) is 11.4 Å². The number of halogens is 1. The lowest BCUT2D eigenvalue weighted by atomic mass is 10.0. The fraction of sp³-hybridized carbons (Fsp3) is 0.538. The van der Waals surface area contributed by atoms with Crippen LogP contribution in [0, 0.1) is 5.92 Å². The van der Waals surface area contributed by atoms with Crippen LogP contribution in [0.2, 0.25) is 5.02 Å². The molecule has 1 fully saturated rings. The van der Waals surface area contributed by atoms with Crippen molar-refractivity contribution in [3.63, 3.8) is 0 Å². The van der Waals surface area contributed by atoms with Crippen molar-refractivity contribution in [2.75, 3.05) is 30.2 Å². The molecule has 1 aromatic rings. The van der Waals surface area contributed by atoms with E-state index in [1.54, 1.807) is 18.2 Å². The Morgan fingerprint density at radius 3 is 2.80 bits per heavy atom. The molecule has 1 unspecified atom stereocenters. The minimum absolute atomic E-state index is 0.378. The van der Waals surface area contributed by atoms with E-state index in [1.165, 1.54) is 15.7 Å². The van der Waals surface area contributed by atoms with Crippen molar-refractivity contribution in [1.29, 1.82) is 0 Å². The van der Waals surface area contributed by atoms with Gasteiger partial charge in [-0.25, -0.2) is 0 Å². The molecule has 2 N–H and O–H groups in total. The van der Waals surface area contributed by atoms with Gasteiger partial charge in [0.2, 0.25) is 0 Å². The van der Waals surface area contributed by atoms with E-state index in [-0.39, 0.29) is 0 Å². The Labute approximate surface area is 125 Å². The van der Waals surface area contributed by atoms with E-state index in [2.05, 4.69) is 6.92 Å². The van der Waals surface area contributed by atoms with Gasteiger partial charge in [-0.3, -0.25) is 4.31 Å². The molecule has 1 aliphatic heterocycles. The second kappa shape index (κ2) is 5.79. The molecule has 5 nitrogen and oxygen atoms in total. The van der Waals surface area contributed by atoms with Gasteiger partial charge in [0.25, 0.3) is 0 Å². The number of nitrogens with two attached hydrogens (primary N) is 1. The maximum absolute atomic E-state index is 12.6. The van der Waals surface area contributed by atoms with Gasteiger partial charge >= 0.3 is 10.2 Å². The van der Waals surface area contributed by atoms with Gasteiger partial charge in [-0.1, -0.05) is 18.5 Å². The molecular formula is C13H20ClN3O2S. The number of nitrogens with zero attached hydrogens (tertiary/aromatic N) is 2. The third kappa shape index (κ3) is 3.02. The molecule has 0 amide bonds. The number of piperidine rings is 1. The van der Waals surface area contributed by atoms with E-state index < -0.39 is 10.2 Å². The lowest BCUT2D eigenvalue weighted by molar-refractivity contribution is 0.281. The summed E-state index contributed by atoms with van der Waals surface area (Å²) in [6.07, 6.45) is 1.95. The first-order valence-electron chi connectivity index (χ1n) is 6.61. The molecule has 1 aromatic carbocycles. The molecule has 1 saturated heterocycles. The standard InChI is InChI=1S/C13H20ClN3O2S/c1-10-4-3-7-17(9-10)20(18,19)16(2)13-8-11(14)5-6-12(13)15/h5-6,8,10H,3-4,7,9,15H2,1-2H3. The maximum Gasteiger partial charge on any atom is 0.303 e. The van der Waals surface area contributed by atoms with Crippen molar-refractivity contribution in [2.45, 2.75) is 19.8 Å². The van der Waals surface area contributed by atoms with Crippen LogP contribution >= 0.6 is 11.6 Å². The largest absolute Gasteiger partial charge is 0.397 e. The Balaban J connectivity index is 2.31. The van der Waals surface area contributed by atoms with Crippen molar-refractivity contribution >= 4 is 33.2 Å². The fourth-order valence-corrected chi connectivity index (χ4v) is 4.16. The van der Waals surface area contributed by atoms with Crippen LogP contribution in [0.15, 0.2) is 18.2 Å². The molecule has 112 valence electrons. The van der Waals surface area contributed by atoms with Gasteiger partial charge in [0.1, 0.15) is 0 Å². The summed E-state index contributed by atoms with van der Waals surface area (Å²) >= 11 is 5.93. The molecule has 7 heteroatoms. The van der Waals surface area contributed by atoms with E-state index in [9.17, 15) is 8.42 Å². The summed E-state index contributed by atoms with van der Waals surface area (Å²) in [6, 6.07) is 4.83. The molecule has 0 aromatic heterocycles. The number of nitrogen functional groups attached to an aromatic ring is 1. The number of hydrogen-bond donors (Lipinski definition) is 1. The molecule has 0 spiro atoms. The van der Waals surface area contributed by atoms with E-state index in [4.69, 9.17) is 17.3 Å². The molecule has 0 bridgehead atoms. The number of hydrogen-bond acceptors (Lipinski definition) is 3. The topological polar surface area (TPSA) is 66.6 Å². The lowest BCUT2D eigenvalue weighted by Crippen LogP contribution is -2.46. The summed E-state index contributed by atoms with van der Waals surface area (Å²) in [7, 11) is -2.05. The maximum atomic E-state index is 12.6. The highest BCUT2D eigenvalue weighted by Gasteiger charge is 2.31. The van der Waals surface area contributed by atoms with Crippen LogP contribution < -0.4 is 10.0 Å². The molecule has 20 heavy (non-hydrogen) atoms. The summed E-state index contributed by atoms with van der Waals surface area (Å²) in [5.74, 6) is 0.378. The normalized spacial score (nSPS) is 20.9. The highest BCUT2D eigenvalue weighted by molar-refractivity contribution is 7.90. The Hall–Kier alpha value is -0.980. The molecular weight excluding hydrogens is 298 g/mol. The van der Waals surface area contributed by atoms with E-state index >= 15 is 0 Å². The summed E-state index contributed by atoms with van der Waals surface area (Å²) in [5.41, 5.74) is 6.67. The lowest BCUT2D eigenvalue weighted by Gasteiger charge is -2.34. The molecule has 0 aliphatic carbocycles. The minimum atomic E-state index is -3.56. The zero-order chi connectivity index (χ0) is 14.9. The molecule has 1 atom stereocenters. The number of rotatable bonds is 3. The molecule has 1 aliphatic rings. The molecule has 2 rings (SSSR count). The number of benzene rings is 1. The number of anilines is 2. The average molecular weight is 318 g/mol. The zero-order valence-corrected chi connectivity index (χ0v) is 13.3. The summed E-state index contributed by atoms with van der Waals surface area (Å²) in [5, 5.41) is 0.461. The van der Waals surface area contributed by atoms with Crippen LogP contribution in [0.3, 0.4) is 0 Å². The minimum Gasteiger partial charge on any atom is -0.397 e. The van der Waals surface area contributed by atoms with Crippen molar-refractivity contribution < 1.29 is 8.42 Å². The smallest absolute Gasteiger partial charge is 0.303 e. The van der Waals surface area contributed by atoms with E-state index in [1.807, 2.05) is 0 Å². The Morgan fingerprint density at radius 1 is 1.45 bits per heavy atom. The van der Waals surface area contributed by atoms with Gasteiger partial charge < -0.3 is 5.73 Å². The van der Waals surface area contributed by atoms with Crippen molar-refractivity contribution in [3.05, 3.63) is 23.2 Å². The second-order valence-electron chi connectivity index (χ2n) is 5.28. The van der Waals surface area contributed by atoms with Gasteiger partial charge in [0, 0.05) is 25.2 Å². The van der Waals surface area contributed by atoms with Crippen molar-refractivity contribution in [2.24, 2.45) is 5.92 Å². The SMILES string of the molecule is CC1CCCN(S(=O)(=O)N(C)c2cc(Cl)ccc2N)C1. The predicted molar refractivity (Wildman–Crippen MR) is 83.2 cm³/mol. The van der Waals surface area contributed by atoms with Crippen LogP contribution in [0.25, 0.3) is 0 Å². The van der Waals surface area contributed by atoms with E-state index in [0.29, 0.717) is 35.4 Å². The van der Waals surface area contributed by atoms with Gasteiger partial charge in [-0.05, 0) is 37.0 Å². The highest BCUT2D eigenvalue weighted by Crippen LogP contribution is 2.30. The summed E-state index contributed by atoms with van der Waals surface area (Å²) in [6.45, 7) is 3.17. The molecule has 1 heterocycles. The van der Waals surface area contributed by atoms with Crippen molar-refractivity contribution in [3.8, 4) is 0 Å². The van der Waals surface area contributed by atoms with Crippen LogP contribution in [-0.4, -0.2) is 32.9 Å². The van der Waals surface area contributed by atoms with Gasteiger partial charge in [-0.15, -0.1) is 0 Å². The first-order chi connectivity index (χ1) is 9.32.